The Morgan fingerprint density at radius 2 is 1.81 bits per heavy atom. The van der Waals surface area contributed by atoms with Gasteiger partial charge in [0.25, 0.3) is 5.91 Å². The van der Waals surface area contributed by atoms with Gasteiger partial charge in [-0.3, -0.25) is 4.79 Å². The second-order valence-corrected chi connectivity index (χ2v) is 6.87. The molecule has 0 fully saturated rings. The van der Waals surface area contributed by atoms with Gasteiger partial charge in [0.1, 0.15) is 25.6 Å². The number of amides is 1. The van der Waals surface area contributed by atoms with Crippen molar-refractivity contribution in [2.45, 2.75) is 13.5 Å². The first-order chi connectivity index (χ1) is 13.1. The minimum absolute atomic E-state index is 0.0435. The van der Waals surface area contributed by atoms with Gasteiger partial charge in [-0.15, -0.1) is 0 Å². The Morgan fingerprint density at radius 1 is 1.04 bits per heavy atom. The number of hydrogen-bond donors (Lipinski definition) is 0. The molecule has 2 aliphatic heterocycles. The lowest BCUT2D eigenvalue weighted by atomic mass is 10.1. The van der Waals surface area contributed by atoms with Crippen molar-refractivity contribution in [3.63, 3.8) is 0 Å². The summed E-state index contributed by atoms with van der Waals surface area (Å²) in [7, 11) is 0. The predicted molar refractivity (Wildman–Crippen MR) is 103 cm³/mol. The van der Waals surface area contributed by atoms with Crippen molar-refractivity contribution in [3.8, 4) is 17.2 Å². The number of halogens is 1. The number of hydrogen-bond acceptors (Lipinski definition) is 4. The van der Waals surface area contributed by atoms with Crippen LogP contribution >= 0.6 is 11.6 Å². The van der Waals surface area contributed by atoms with Gasteiger partial charge in [-0.25, -0.2) is 0 Å². The lowest BCUT2D eigenvalue weighted by molar-refractivity contribution is -0.127. The average Bonchev–Trinajstić information content (AvgIpc) is 2.70. The average molecular weight is 386 g/mol. The Hall–Kier alpha value is -2.66. The lowest BCUT2D eigenvalue weighted by Gasteiger charge is -2.26. The summed E-state index contributed by atoms with van der Waals surface area (Å²) in [5, 5.41) is 0.617. The summed E-state index contributed by atoms with van der Waals surface area (Å²) in [6, 6.07) is 11.2. The zero-order valence-electron chi connectivity index (χ0n) is 15.0. The molecule has 0 saturated heterocycles. The van der Waals surface area contributed by atoms with E-state index in [4.69, 9.17) is 25.8 Å². The summed E-state index contributed by atoms with van der Waals surface area (Å²) in [6.07, 6.45) is 1.86. The van der Waals surface area contributed by atoms with E-state index in [2.05, 4.69) is 0 Å². The first kappa shape index (κ1) is 17.7. The fraction of sp³-hybridized carbons (Fsp3) is 0.286. The number of fused-ring (bicyclic) bond motifs is 2. The maximum atomic E-state index is 13.0. The van der Waals surface area contributed by atoms with Crippen LogP contribution in [0.15, 0.2) is 42.0 Å². The van der Waals surface area contributed by atoms with Crippen molar-refractivity contribution >= 4 is 23.6 Å². The standard InChI is InChI=1S/C21H20ClNO4/c1-2-23(12-14-3-5-19-20(9-14)26-8-7-25-19)21(24)16-10-15-11-17(22)4-6-18(15)27-13-16/h3-6,9-11H,2,7-8,12-13H2,1H3. The third-order valence-corrected chi connectivity index (χ3v) is 4.84. The molecule has 0 saturated carbocycles. The molecule has 140 valence electrons. The van der Waals surface area contributed by atoms with E-state index < -0.39 is 0 Å². The molecule has 0 aromatic heterocycles. The van der Waals surface area contributed by atoms with Crippen LogP contribution in [0.2, 0.25) is 5.02 Å². The first-order valence-corrected chi connectivity index (χ1v) is 9.32. The molecule has 2 aliphatic rings. The van der Waals surface area contributed by atoms with Crippen LogP contribution in [0.5, 0.6) is 17.2 Å². The maximum absolute atomic E-state index is 13.0. The highest BCUT2D eigenvalue weighted by Gasteiger charge is 2.22. The highest BCUT2D eigenvalue weighted by Crippen LogP contribution is 2.32. The number of benzene rings is 2. The van der Waals surface area contributed by atoms with Crippen molar-refractivity contribution in [2.24, 2.45) is 0 Å². The summed E-state index contributed by atoms with van der Waals surface area (Å²) >= 11 is 6.06. The Balaban J connectivity index is 1.53. The molecular weight excluding hydrogens is 366 g/mol. The molecule has 0 spiro atoms. The highest BCUT2D eigenvalue weighted by molar-refractivity contribution is 6.30. The molecule has 0 aliphatic carbocycles. The largest absolute Gasteiger partial charge is 0.488 e. The summed E-state index contributed by atoms with van der Waals surface area (Å²) in [5.41, 5.74) is 2.44. The Morgan fingerprint density at radius 3 is 2.63 bits per heavy atom. The smallest absolute Gasteiger partial charge is 0.253 e. The molecule has 27 heavy (non-hydrogen) atoms. The number of ether oxygens (including phenoxy) is 3. The van der Waals surface area contributed by atoms with Gasteiger partial charge in [-0.05, 0) is 48.9 Å². The second kappa shape index (κ2) is 7.53. The minimum atomic E-state index is -0.0435. The van der Waals surface area contributed by atoms with Crippen LogP contribution < -0.4 is 14.2 Å². The summed E-state index contributed by atoms with van der Waals surface area (Å²) in [4.78, 5) is 14.8. The van der Waals surface area contributed by atoms with Crippen LogP contribution in [-0.2, 0) is 11.3 Å². The fourth-order valence-corrected chi connectivity index (χ4v) is 3.39. The van der Waals surface area contributed by atoms with E-state index in [0.717, 1.165) is 28.4 Å². The molecule has 1 amide bonds. The molecule has 6 heteroatoms. The van der Waals surface area contributed by atoms with Crippen LogP contribution in [-0.4, -0.2) is 37.2 Å². The maximum Gasteiger partial charge on any atom is 0.253 e. The predicted octanol–water partition coefficient (Wildman–Crippen LogP) is 3.94. The van der Waals surface area contributed by atoms with Gasteiger partial charge in [0, 0.05) is 23.7 Å². The number of likely N-dealkylation sites (N-methyl/N-ethyl adjacent to an activating group) is 1. The number of carbonyl (C=O) groups is 1. The molecule has 0 unspecified atom stereocenters. The molecule has 0 radical (unpaired) electrons. The van der Waals surface area contributed by atoms with E-state index >= 15 is 0 Å². The summed E-state index contributed by atoms with van der Waals surface area (Å²) in [6.45, 7) is 4.40. The van der Waals surface area contributed by atoms with Gasteiger partial charge in [0.05, 0.1) is 5.57 Å². The Kier molecular flexibility index (Phi) is 4.94. The quantitative estimate of drug-likeness (QED) is 0.800. The molecule has 4 rings (SSSR count). The van der Waals surface area contributed by atoms with Crippen molar-refractivity contribution < 1.29 is 19.0 Å². The molecule has 0 atom stereocenters. The molecule has 5 nitrogen and oxygen atoms in total. The highest BCUT2D eigenvalue weighted by atomic mass is 35.5. The van der Waals surface area contributed by atoms with Crippen LogP contribution in [0, 0.1) is 0 Å². The number of carbonyl (C=O) groups excluding carboxylic acids is 1. The van der Waals surface area contributed by atoms with E-state index in [1.165, 1.54) is 0 Å². The number of rotatable bonds is 4. The van der Waals surface area contributed by atoms with E-state index in [1.807, 2.05) is 37.3 Å². The topological polar surface area (TPSA) is 48.0 Å². The lowest BCUT2D eigenvalue weighted by Crippen LogP contribution is -2.33. The molecule has 2 aromatic carbocycles. The summed E-state index contributed by atoms with van der Waals surface area (Å²) in [5.74, 6) is 2.17. The Labute approximate surface area is 163 Å². The first-order valence-electron chi connectivity index (χ1n) is 8.95. The van der Waals surface area contributed by atoms with Crippen LogP contribution in [0.4, 0.5) is 0 Å². The normalized spacial score (nSPS) is 14.7. The van der Waals surface area contributed by atoms with Gasteiger partial charge >= 0.3 is 0 Å². The third-order valence-electron chi connectivity index (χ3n) is 4.61. The van der Waals surface area contributed by atoms with Crippen LogP contribution in [0.1, 0.15) is 18.1 Å². The van der Waals surface area contributed by atoms with Gasteiger partial charge in [0.2, 0.25) is 0 Å². The van der Waals surface area contributed by atoms with Crippen molar-refractivity contribution in [1.29, 1.82) is 0 Å². The van der Waals surface area contributed by atoms with E-state index in [1.54, 1.807) is 17.0 Å². The molecule has 0 N–H and O–H groups in total. The third kappa shape index (κ3) is 3.74. The Bertz CT molecular complexity index is 909. The van der Waals surface area contributed by atoms with E-state index in [9.17, 15) is 4.79 Å². The zero-order chi connectivity index (χ0) is 18.8. The molecular formula is C21H20ClNO4. The van der Waals surface area contributed by atoms with Gasteiger partial charge in [0.15, 0.2) is 11.5 Å². The van der Waals surface area contributed by atoms with Gasteiger partial charge in [-0.2, -0.15) is 0 Å². The van der Waals surface area contributed by atoms with Crippen molar-refractivity contribution in [1.82, 2.24) is 4.90 Å². The zero-order valence-corrected chi connectivity index (χ0v) is 15.8. The molecule has 2 aromatic rings. The van der Waals surface area contributed by atoms with E-state index in [0.29, 0.717) is 36.9 Å². The SMILES string of the molecule is CCN(Cc1ccc2c(c1)OCCO2)C(=O)C1=Cc2cc(Cl)ccc2OC1. The second-order valence-electron chi connectivity index (χ2n) is 6.44. The van der Waals surface area contributed by atoms with Crippen molar-refractivity contribution in [2.75, 3.05) is 26.4 Å². The minimum Gasteiger partial charge on any atom is -0.488 e. The van der Waals surface area contributed by atoms with E-state index in [-0.39, 0.29) is 12.5 Å². The molecule has 0 bridgehead atoms. The van der Waals surface area contributed by atoms with Crippen molar-refractivity contribution in [3.05, 3.63) is 58.1 Å². The fourth-order valence-electron chi connectivity index (χ4n) is 3.21. The molecule has 2 heterocycles. The van der Waals surface area contributed by atoms with Crippen LogP contribution in [0.25, 0.3) is 6.08 Å². The summed E-state index contributed by atoms with van der Waals surface area (Å²) < 4.78 is 16.9. The van der Waals surface area contributed by atoms with Gasteiger partial charge < -0.3 is 19.1 Å². The number of nitrogens with zero attached hydrogens (tertiary/aromatic N) is 1. The van der Waals surface area contributed by atoms with Crippen LogP contribution in [0.3, 0.4) is 0 Å². The van der Waals surface area contributed by atoms with Gasteiger partial charge in [-0.1, -0.05) is 17.7 Å². The monoisotopic (exact) mass is 385 g/mol.